The van der Waals surface area contributed by atoms with Crippen molar-refractivity contribution < 1.29 is 0 Å². The summed E-state index contributed by atoms with van der Waals surface area (Å²) in [4.78, 5) is 23.7. The number of aromatic amines is 2. The van der Waals surface area contributed by atoms with Crippen LogP contribution in [0.4, 0.5) is 5.95 Å². The molecule has 20 heavy (non-hydrogen) atoms. The predicted octanol–water partition coefficient (Wildman–Crippen LogP) is 3.06. The maximum absolute atomic E-state index is 12.1. The van der Waals surface area contributed by atoms with E-state index in [1.165, 1.54) is 11.8 Å². The van der Waals surface area contributed by atoms with Gasteiger partial charge in [0.25, 0.3) is 5.56 Å². The molecule has 0 saturated carbocycles. The number of nitrogens with zero attached hydrogens (tertiary/aromatic N) is 1. The first-order valence-corrected chi connectivity index (χ1v) is 7.47. The normalized spacial score (nSPS) is 11.1. The van der Waals surface area contributed by atoms with Gasteiger partial charge in [0, 0.05) is 20.0 Å². The van der Waals surface area contributed by atoms with Gasteiger partial charge in [0.15, 0.2) is 0 Å². The van der Waals surface area contributed by atoms with Crippen LogP contribution in [0.2, 0.25) is 0 Å². The van der Waals surface area contributed by atoms with Crippen molar-refractivity contribution in [1.82, 2.24) is 15.0 Å². The Morgan fingerprint density at radius 2 is 1.95 bits per heavy atom. The molecule has 0 atom stereocenters. The second kappa shape index (κ2) is 4.99. The molecule has 0 amide bonds. The van der Waals surface area contributed by atoms with Gasteiger partial charge < -0.3 is 10.7 Å². The molecule has 7 heteroatoms. The quantitative estimate of drug-likeness (QED) is 0.662. The van der Waals surface area contributed by atoms with Crippen molar-refractivity contribution in [2.75, 3.05) is 5.73 Å². The molecule has 0 aliphatic rings. The van der Waals surface area contributed by atoms with Crippen LogP contribution in [-0.4, -0.2) is 15.0 Å². The summed E-state index contributed by atoms with van der Waals surface area (Å²) >= 11 is 4.93. The number of fused-ring (bicyclic) bond motifs is 1. The zero-order valence-corrected chi connectivity index (χ0v) is 12.9. The Morgan fingerprint density at radius 3 is 2.65 bits per heavy atom. The van der Waals surface area contributed by atoms with E-state index in [1.807, 2.05) is 31.2 Å². The molecule has 0 aliphatic heterocycles. The molecule has 3 aromatic rings. The maximum atomic E-state index is 12.1. The molecule has 4 N–H and O–H groups in total. The average Bonchev–Trinajstić information content (AvgIpc) is 2.68. The van der Waals surface area contributed by atoms with Gasteiger partial charge in [-0.15, -0.1) is 0 Å². The minimum atomic E-state index is -0.225. The number of hydrogen-bond donors (Lipinski definition) is 3. The van der Waals surface area contributed by atoms with Crippen LogP contribution in [0.15, 0.2) is 43.3 Å². The van der Waals surface area contributed by atoms with Crippen LogP contribution in [0.25, 0.3) is 11.0 Å². The van der Waals surface area contributed by atoms with Crippen molar-refractivity contribution in [2.24, 2.45) is 0 Å². The van der Waals surface area contributed by atoms with Gasteiger partial charge in [-0.2, -0.15) is 4.98 Å². The van der Waals surface area contributed by atoms with Crippen LogP contribution in [-0.2, 0) is 0 Å². The third-order valence-electron chi connectivity index (χ3n) is 2.84. The van der Waals surface area contributed by atoms with Crippen molar-refractivity contribution in [3.8, 4) is 0 Å². The van der Waals surface area contributed by atoms with E-state index in [0.29, 0.717) is 11.0 Å². The van der Waals surface area contributed by atoms with E-state index < -0.39 is 0 Å². The molecule has 0 unspecified atom stereocenters. The lowest BCUT2D eigenvalue weighted by Gasteiger charge is -2.01. The third kappa shape index (κ3) is 2.34. The van der Waals surface area contributed by atoms with Crippen LogP contribution < -0.4 is 11.3 Å². The van der Waals surface area contributed by atoms with Crippen LogP contribution in [0.1, 0.15) is 5.69 Å². The van der Waals surface area contributed by atoms with E-state index in [4.69, 9.17) is 5.73 Å². The number of nitrogen functional groups attached to an aromatic ring is 1. The molecule has 5 nitrogen and oxygen atoms in total. The first kappa shape index (κ1) is 13.3. The van der Waals surface area contributed by atoms with Crippen molar-refractivity contribution in [2.45, 2.75) is 16.7 Å². The Bertz CT molecular complexity index is 838. The highest BCUT2D eigenvalue weighted by atomic mass is 79.9. The number of rotatable bonds is 2. The van der Waals surface area contributed by atoms with Crippen LogP contribution in [0.3, 0.4) is 0 Å². The number of hydrogen-bond acceptors (Lipinski definition) is 4. The number of nitrogens with one attached hydrogen (secondary N) is 2. The molecule has 1 aromatic carbocycles. The van der Waals surface area contributed by atoms with Gasteiger partial charge in [-0.1, -0.05) is 27.7 Å². The largest absolute Gasteiger partial charge is 0.369 e. The zero-order chi connectivity index (χ0) is 14.3. The van der Waals surface area contributed by atoms with E-state index in [0.717, 1.165) is 20.0 Å². The number of aryl methyl sites for hydroxylation is 1. The van der Waals surface area contributed by atoms with Crippen LogP contribution in [0, 0.1) is 6.92 Å². The molecule has 102 valence electrons. The third-order valence-corrected chi connectivity index (χ3v) is 4.60. The van der Waals surface area contributed by atoms with E-state index in [9.17, 15) is 4.79 Å². The summed E-state index contributed by atoms with van der Waals surface area (Å²) in [6.45, 7) is 1.92. The van der Waals surface area contributed by atoms with E-state index in [2.05, 4.69) is 30.9 Å². The first-order chi connectivity index (χ1) is 9.54. The second-order valence-corrected chi connectivity index (χ2v) is 6.31. The molecular formula is C13H11BrN4OS. The van der Waals surface area contributed by atoms with Gasteiger partial charge in [-0.25, -0.2) is 0 Å². The first-order valence-electron chi connectivity index (χ1n) is 5.86. The molecule has 0 bridgehead atoms. The zero-order valence-electron chi connectivity index (χ0n) is 10.5. The Hall–Kier alpha value is -1.73. The van der Waals surface area contributed by atoms with Crippen molar-refractivity contribution >= 4 is 44.7 Å². The number of H-pyrrole nitrogens is 2. The molecular weight excluding hydrogens is 340 g/mol. The number of benzene rings is 1. The lowest BCUT2D eigenvalue weighted by Crippen LogP contribution is -2.10. The van der Waals surface area contributed by atoms with Gasteiger partial charge in [0.2, 0.25) is 5.95 Å². The summed E-state index contributed by atoms with van der Waals surface area (Å²) in [7, 11) is 0. The maximum Gasteiger partial charge on any atom is 0.262 e. The molecule has 0 fully saturated rings. The van der Waals surface area contributed by atoms with Gasteiger partial charge >= 0.3 is 0 Å². The lowest BCUT2D eigenvalue weighted by atomic mass is 10.3. The summed E-state index contributed by atoms with van der Waals surface area (Å²) in [5, 5.41) is 0.546. The molecule has 3 rings (SSSR count). The van der Waals surface area contributed by atoms with Crippen molar-refractivity contribution in [3.05, 3.63) is 44.8 Å². The Balaban J connectivity index is 2.14. The number of anilines is 1. The summed E-state index contributed by atoms with van der Waals surface area (Å²) < 4.78 is 1.02. The van der Waals surface area contributed by atoms with E-state index >= 15 is 0 Å². The monoisotopic (exact) mass is 350 g/mol. The molecule has 0 radical (unpaired) electrons. The van der Waals surface area contributed by atoms with Gasteiger partial charge in [0.1, 0.15) is 5.65 Å². The topological polar surface area (TPSA) is 87.6 Å². The smallest absolute Gasteiger partial charge is 0.262 e. The van der Waals surface area contributed by atoms with Gasteiger partial charge in [-0.3, -0.25) is 9.78 Å². The van der Waals surface area contributed by atoms with Gasteiger partial charge in [-0.05, 0) is 31.2 Å². The number of nitrogens with two attached hydrogens (primary N) is 1. The molecule has 0 saturated heterocycles. The Labute approximate surface area is 127 Å². The second-order valence-electron chi connectivity index (χ2n) is 4.31. The molecule has 0 spiro atoms. The highest BCUT2D eigenvalue weighted by Crippen LogP contribution is 2.34. The number of aromatic nitrogens is 3. The molecule has 0 aliphatic carbocycles. The standard InChI is InChI=1S/C13H11BrN4OS/c1-6-10(20-8-4-2-7(14)3-5-8)9-11(16-6)17-13(15)18-12(9)19/h2-5H,1H3,(H4,15,16,17,18,19). The minimum Gasteiger partial charge on any atom is -0.369 e. The SMILES string of the molecule is Cc1[nH]c2nc(N)[nH]c(=O)c2c1Sc1ccc(Br)cc1. The fourth-order valence-corrected chi connectivity index (χ4v) is 3.23. The fraction of sp³-hybridized carbons (Fsp3) is 0.0769. The van der Waals surface area contributed by atoms with Crippen molar-refractivity contribution in [3.63, 3.8) is 0 Å². The van der Waals surface area contributed by atoms with E-state index in [1.54, 1.807) is 0 Å². The summed E-state index contributed by atoms with van der Waals surface area (Å²) in [5.74, 6) is 0.115. The highest BCUT2D eigenvalue weighted by Gasteiger charge is 2.15. The Morgan fingerprint density at radius 1 is 1.25 bits per heavy atom. The van der Waals surface area contributed by atoms with Crippen LogP contribution >= 0.6 is 27.7 Å². The van der Waals surface area contributed by atoms with Crippen LogP contribution in [0.5, 0.6) is 0 Å². The predicted molar refractivity (Wildman–Crippen MR) is 84.1 cm³/mol. The summed E-state index contributed by atoms with van der Waals surface area (Å²) in [6, 6.07) is 7.91. The van der Waals surface area contributed by atoms with Crippen molar-refractivity contribution in [1.29, 1.82) is 0 Å². The Kier molecular flexibility index (Phi) is 3.31. The minimum absolute atomic E-state index is 0.115. The van der Waals surface area contributed by atoms with Gasteiger partial charge in [0.05, 0.1) is 5.39 Å². The van der Waals surface area contributed by atoms with E-state index in [-0.39, 0.29) is 11.5 Å². The number of halogens is 1. The lowest BCUT2D eigenvalue weighted by molar-refractivity contribution is 1.17. The highest BCUT2D eigenvalue weighted by molar-refractivity contribution is 9.10. The molecule has 2 heterocycles. The summed E-state index contributed by atoms with van der Waals surface area (Å²) in [5.41, 5.74) is 6.75. The molecule has 2 aromatic heterocycles. The fourth-order valence-electron chi connectivity index (χ4n) is 1.96. The summed E-state index contributed by atoms with van der Waals surface area (Å²) in [6.07, 6.45) is 0. The average molecular weight is 351 g/mol.